The van der Waals surface area contributed by atoms with Crippen LogP contribution in [-0.2, 0) is 9.47 Å². The van der Waals surface area contributed by atoms with Gasteiger partial charge in [-0.2, -0.15) is 0 Å². The van der Waals surface area contributed by atoms with E-state index in [-0.39, 0.29) is 48.9 Å². The molecular weight excluding hydrogens is 384 g/mol. The summed E-state index contributed by atoms with van der Waals surface area (Å²) in [6.45, 7) is 7.77. The molecule has 3 aromatic rings. The number of pyridine rings is 2. The van der Waals surface area contributed by atoms with Crippen molar-refractivity contribution >= 4 is 33.6 Å². The first-order valence-corrected chi connectivity index (χ1v) is 9.85. The normalized spacial score (nSPS) is 11.4. The molecule has 2 amide bonds. The largest absolute Gasteiger partial charge is 0.359 e. The van der Waals surface area contributed by atoms with E-state index in [1.165, 1.54) is 0 Å². The molecule has 3 rings (SSSR count). The zero-order valence-corrected chi connectivity index (χ0v) is 17.6. The highest BCUT2D eigenvalue weighted by molar-refractivity contribution is 6.06. The van der Waals surface area contributed by atoms with Crippen LogP contribution >= 0.6 is 0 Å². The number of rotatable bonds is 8. The van der Waals surface area contributed by atoms with E-state index in [0.717, 1.165) is 10.8 Å². The number of hydrogen-bond acceptors (Lipinski definition) is 6. The Morgan fingerprint density at radius 2 is 1.10 bits per heavy atom. The number of benzene rings is 1. The molecule has 1 aromatic carbocycles. The van der Waals surface area contributed by atoms with Crippen LogP contribution < -0.4 is 10.6 Å². The van der Waals surface area contributed by atoms with Crippen molar-refractivity contribution in [2.75, 3.05) is 13.5 Å². The van der Waals surface area contributed by atoms with Crippen molar-refractivity contribution in [1.29, 1.82) is 0 Å². The van der Waals surface area contributed by atoms with Gasteiger partial charge in [-0.1, -0.05) is 24.3 Å². The lowest BCUT2D eigenvalue weighted by atomic mass is 10.1. The van der Waals surface area contributed by atoms with Crippen molar-refractivity contribution in [3.63, 3.8) is 0 Å². The number of nitrogens with one attached hydrogen (secondary N) is 2. The smallest absolute Gasteiger partial charge is 0.271 e. The first kappa shape index (κ1) is 21.6. The molecule has 2 heterocycles. The maximum atomic E-state index is 12.4. The second kappa shape index (κ2) is 9.60. The van der Waals surface area contributed by atoms with Gasteiger partial charge in [0.1, 0.15) is 24.8 Å². The Labute approximate surface area is 175 Å². The SMILES string of the molecule is CC(C)OCNC(=O)c1ccc2ccc3ccc(C(=O)NCOC(C)C)nc3c2n1. The number of hydrogen-bond donors (Lipinski definition) is 2. The Morgan fingerprint density at radius 3 is 1.47 bits per heavy atom. The fourth-order valence-electron chi connectivity index (χ4n) is 2.75. The second-order valence-electron chi connectivity index (χ2n) is 7.33. The molecule has 0 saturated heterocycles. The molecule has 0 atom stereocenters. The third-order valence-electron chi connectivity index (χ3n) is 4.28. The standard InChI is InChI=1S/C22H26N4O4/c1-13(2)29-11-23-21(27)17-9-7-15-5-6-16-8-10-18(26-20(16)19(15)25-17)22(28)24-12-30-14(3)4/h5-10,13-14H,11-12H2,1-4H3,(H,23,27)(H,24,28). The summed E-state index contributed by atoms with van der Waals surface area (Å²) in [7, 11) is 0. The van der Waals surface area contributed by atoms with Gasteiger partial charge in [0.25, 0.3) is 11.8 Å². The van der Waals surface area contributed by atoms with Gasteiger partial charge in [-0.05, 0) is 39.8 Å². The maximum absolute atomic E-state index is 12.4. The van der Waals surface area contributed by atoms with Gasteiger partial charge >= 0.3 is 0 Å². The summed E-state index contributed by atoms with van der Waals surface area (Å²) in [6, 6.07) is 10.7. The lowest BCUT2D eigenvalue weighted by Gasteiger charge is -2.10. The van der Waals surface area contributed by atoms with E-state index < -0.39 is 0 Å². The monoisotopic (exact) mass is 410 g/mol. The minimum atomic E-state index is -0.339. The minimum Gasteiger partial charge on any atom is -0.359 e. The number of aromatic nitrogens is 2. The zero-order valence-electron chi connectivity index (χ0n) is 17.6. The van der Waals surface area contributed by atoms with Gasteiger partial charge in [0.05, 0.1) is 23.2 Å². The predicted molar refractivity (Wildman–Crippen MR) is 114 cm³/mol. The summed E-state index contributed by atoms with van der Waals surface area (Å²) in [5.74, 6) is -0.677. The van der Waals surface area contributed by atoms with E-state index in [0.29, 0.717) is 11.0 Å². The Bertz CT molecular complexity index is 981. The number of fused-ring (bicyclic) bond motifs is 3. The molecule has 0 unspecified atom stereocenters. The predicted octanol–water partition coefficient (Wildman–Crippen LogP) is 3.01. The topological polar surface area (TPSA) is 102 Å². The number of carbonyl (C=O) groups excluding carboxylic acids is 2. The molecule has 158 valence electrons. The van der Waals surface area contributed by atoms with Crippen molar-refractivity contribution in [3.05, 3.63) is 47.8 Å². The highest BCUT2D eigenvalue weighted by atomic mass is 16.5. The van der Waals surface area contributed by atoms with E-state index in [1.807, 2.05) is 52.0 Å². The van der Waals surface area contributed by atoms with Crippen molar-refractivity contribution in [2.45, 2.75) is 39.9 Å². The van der Waals surface area contributed by atoms with Crippen molar-refractivity contribution in [1.82, 2.24) is 20.6 Å². The van der Waals surface area contributed by atoms with E-state index in [2.05, 4.69) is 20.6 Å². The average Bonchev–Trinajstić information content (AvgIpc) is 2.72. The molecular formula is C22H26N4O4. The third-order valence-corrected chi connectivity index (χ3v) is 4.28. The summed E-state index contributed by atoms with van der Waals surface area (Å²) >= 11 is 0. The number of ether oxygens (including phenoxy) is 2. The number of carbonyl (C=O) groups is 2. The third kappa shape index (κ3) is 5.28. The molecule has 30 heavy (non-hydrogen) atoms. The van der Waals surface area contributed by atoms with E-state index in [9.17, 15) is 9.59 Å². The number of nitrogens with zero attached hydrogens (tertiary/aromatic N) is 2. The average molecular weight is 410 g/mol. The maximum Gasteiger partial charge on any atom is 0.271 e. The van der Waals surface area contributed by atoms with Gasteiger partial charge in [0.15, 0.2) is 0 Å². The first-order valence-electron chi connectivity index (χ1n) is 9.85. The van der Waals surface area contributed by atoms with Crippen LogP contribution in [-0.4, -0.2) is 47.5 Å². The molecule has 0 aliphatic rings. The molecule has 2 N–H and O–H groups in total. The molecule has 8 nitrogen and oxygen atoms in total. The van der Waals surface area contributed by atoms with Crippen molar-refractivity contribution in [2.24, 2.45) is 0 Å². The molecule has 0 bridgehead atoms. The van der Waals surface area contributed by atoms with E-state index in [4.69, 9.17) is 9.47 Å². The molecule has 0 aliphatic heterocycles. The van der Waals surface area contributed by atoms with Crippen LogP contribution in [0.25, 0.3) is 21.8 Å². The quantitative estimate of drug-likeness (QED) is 0.437. The molecule has 2 aromatic heterocycles. The zero-order chi connectivity index (χ0) is 21.7. The Morgan fingerprint density at radius 1 is 0.733 bits per heavy atom. The Hall–Kier alpha value is -3.10. The molecule has 0 fully saturated rings. The fraction of sp³-hybridized carbons (Fsp3) is 0.364. The molecule has 0 saturated carbocycles. The van der Waals surface area contributed by atoms with Crippen LogP contribution in [0.4, 0.5) is 0 Å². The lowest BCUT2D eigenvalue weighted by Crippen LogP contribution is -2.28. The van der Waals surface area contributed by atoms with Gasteiger partial charge in [-0.3, -0.25) is 9.59 Å². The van der Waals surface area contributed by atoms with Crippen molar-refractivity contribution in [3.8, 4) is 0 Å². The van der Waals surface area contributed by atoms with Gasteiger partial charge in [-0.25, -0.2) is 9.97 Å². The summed E-state index contributed by atoms with van der Waals surface area (Å²) in [4.78, 5) is 33.8. The van der Waals surface area contributed by atoms with Crippen molar-refractivity contribution < 1.29 is 19.1 Å². The highest BCUT2D eigenvalue weighted by Gasteiger charge is 2.13. The molecule has 8 heteroatoms. The Kier molecular flexibility index (Phi) is 6.91. The van der Waals surface area contributed by atoms with Crippen LogP contribution in [0.15, 0.2) is 36.4 Å². The lowest BCUT2D eigenvalue weighted by molar-refractivity contribution is 0.0550. The molecule has 0 aliphatic carbocycles. The van der Waals surface area contributed by atoms with Crippen LogP contribution in [0.5, 0.6) is 0 Å². The summed E-state index contributed by atoms with van der Waals surface area (Å²) in [6.07, 6.45) is 0.0250. The van der Waals surface area contributed by atoms with Gasteiger partial charge in [0, 0.05) is 10.8 Å². The fourth-order valence-corrected chi connectivity index (χ4v) is 2.75. The minimum absolute atomic E-state index is 0.0125. The summed E-state index contributed by atoms with van der Waals surface area (Å²) in [5, 5.41) is 7.02. The molecule has 0 spiro atoms. The molecule has 0 radical (unpaired) electrons. The highest BCUT2D eigenvalue weighted by Crippen LogP contribution is 2.23. The van der Waals surface area contributed by atoms with Crippen LogP contribution in [0.1, 0.15) is 48.7 Å². The van der Waals surface area contributed by atoms with Crippen LogP contribution in [0.2, 0.25) is 0 Å². The van der Waals surface area contributed by atoms with E-state index in [1.54, 1.807) is 12.1 Å². The second-order valence-corrected chi connectivity index (χ2v) is 7.33. The van der Waals surface area contributed by atoms with E-state index >= 15 is 0 Å². The summed E-state index contributed by atoms with van der Waals surface area (Å²) in [5.41, 5.74) is 1.62. The first-order chi connectivity index (χ1) is 14.3. The number of amides is 2. The van der Waals surface area contributed by atoms with Gasteiger partial charge < -0.3 is 20.1 Å². The summed E-state index contributed by atoms with van der Waals surface area (Å²) < 4.78 is 10.7. The van der Waals surface area contributed by atoms with Crippen LogP contribution in [0.3, 0.4) is 0 Å². The Balaban J connectivity index is 1.89. The van der Waals surface area contributed by atoms with Gasteiger partial charge in [-0.15, -0.1) is 0 Å². The van der Waals surface area contributed by atoms with Crippen LogP contribution in [0, 0.1) is 0 Å². The van der Waals surface area contributed by atoms with Gasteiger partial charge in [0.2, 0.25) is 0 Å².